The molecule has 3 aromatic rings. The number of halogens is 1. The highest BCUT2D eigenvalue weighted by Crippen LogP contribution is 2.34. The quantitative estimate of drug-likeness (QED) is 0.560. The van der Waals surface area contributed by atoms with Crippen LogP contribution in [0.25, 0.3) is 22.2 Å². The third-order valence-electron chi connectivity index (χ3n) is 6.13. The van der Waals surface area contributed by atoms with Gasteiger partial charge in [-0.1, -0.05) is 24.6 Å². The predicted molar refractivity (Wildman–Crippen MR) is 136 cm³/mol. The van der Waals surface area contributed by atoms with Crippen molar-refractivity contribution in [3.05, 3.63) is 58.6 Å². The first-order valence-electron chi connectivity index (χ1n) is 11.6. The number of fused-ring (bicyclic) bond motifs is 1. The Morgan fingerprint density at radius 3 is 2.57 bits per heavy atom. The zero-order valence-corrected chi connectivity index (χ0v) is 20.8. The van der Waals surface area contributed by atoms with Gasteiger partial charge in [0.2, 0.25) is 0 Å². The summed E-state index contributed by atoms with van der Waals surface area (Å²) in [7, 11) is 1.62. The molecule has 0 unspecified atom stereocenters. The maximum atomic E-state index is 13.3. The summed E-state index contributed by atoms with van der Waals surface area (Å²) in [5, 5.41) is 1.37. The van der Waals surface area contributed by atoms with Crippen LogP contribution in [-0.2, 0) is 4.74 Å². The molecule has 9 heteroatoms. The molecule has 1 aliphatic heterocycles. The summed E-state index contributed by atoms with van der Waals surface area (Å²) in [6.07, 6.45) is -0.342. The Bertz CT molecular complexity index is 1250. The van der Waals surface area contributed by atoms with Crippen LogP contribution in [0.3, 0.4) is 0 Å². The molecule has 1 aliphatic rings. The van der Waals surface area contributed by atoms with E-state index in [1.807, 2.05) is 44.2 Å². The van der Waals surface area contributed by atoms with Crippen LogP contribution >= 0.6 is 11.6 Å². The zero-order chi connectivity index (χ0) is 25.1. The fourth-order valence-corrected chi connectivity index (χ4v) is 4.41. The molecule has 35 heavy (non-hydrogen) atoms. The van der Waals surface area contributed by atoms with Crippen LogP contribution < -0.4 is 10.5 Å². The number of nitrogens with two attached hydrogens (primary N) is 1. The van der Waals surface area contributed by atoms with Gasteiger partial charge < -0.3 is 20.1 Å². The van der Waals surface area contributed by atoms with Crippen molar-refractivity contribution >= 4 is 34.5 Å². The van der Waals surface area contributed by atoms with Gasteiger partial charge in [0, 0.05) is 29.6 Å². The number of nitrogens with zero attached hydrogens (tertiary/aromatic N) is 3. The van der Waals surface area contributed by atoms with Gasteiger partial charge in [0.15, 0.2) is 0 Å². The van der Waals surface area contributed by atoms with Gasteiger partial charge in [-0.25, -0.2) is 9.78 Å². The number of carbonyl (C=O) groups is 2. The van der Waals surface area contributed by atoms with E-state index in [9.17, 15) is 9.59 Å². The third-order valence-corrected chi connectivity index (χ3v) is 6.62. The number of pyridine rings is 1. The van der Waals surface area contributed by atoms with E-state index in [2.05, 4.69) is 0 Å². The van der Waals surface area contributed by atoms with E-state index in [0.717, 1.165) is 34.4 Å². The van der Waals surface area contributed by atoms with Crippen LogP contribution in [0, 0.1) is 6.92 Å². The lowest BCUT2D eigenvalue weighted by atomic mass is 10.0. The lowest BCUT2D eigenvalue weighted by Gasteiger charge is -2.38. The number of hydrogen-bond donors (Lipinski definition) is 1. The van der Waals surface area contributed by atoms with E-state index in [1.165, 1.54) is 4.90 Å². The lowest BCUT2D eigenvalue weighted by molar-refractivity contribution is 0.0390. The standard InChI is InChI=1S/C26H29ClN4O4/c1-4-13-35-26(33)31-12-11-30(15-22(31)28)25(32)18-7-10-20-21(14-18)29-24(16(2)23(20)27)17-5-8-19(34-3)9-6-17/h5-10,14,22H,4,11-13,15,28H2,1-3H3/t22-/m0/s1. The monoisotopic (exact) mass is 496 g/mol. The second kappa shape index (κ2) is 10.5. The Balaban J connectivity index is 1.58. The average Bonchev–Trinajstić information content (AvgIpc) is 2.88. The van der Waals surface area contributed by atoms with E-state index in [1.54, 1.807) is 24.1 Å². The van der Waals surface area contributed by atoms with Crippen molar-refractivity contribution in [1.29, 1.82) is 0 Å². The van der Waals surface area contributed by atoms with Gasteiger partial charge in [0.05, 0.1) is 36.5 Å². The molecule has 0 radical (unpaired) electrons. The maximum Gasteiger partial charge on any atom is 0.411 e. The normalized spacial score (nSPS) is 15.9. The van der Waals surface area contributed by atoms with Crippen LogP contribution in [0.15, 0.2) is 42.5 Å². The minimum absolute atomic E-state index is 0.173. The molecule has 0 bridgehead atoms. The van der Waals surface area contributed by atoms with Crippen molar-refractivity contribution in [1.82, 2.24) is 14.8 Å². The molecule has 1 aromatic heterocycles. The number of carbonyl (C=O) groups excluding carboxylic acids is 2. The molecule has 2 N–H and O–H groups in total. The molecule has 0 aliphatic carbocycles. The Kier molecular flexibility index (Phi) is 7.42. The Hall–Kier alpha value is -3.36. The van der Waals surface area contributed by atoms with Crippen LogP contribution in [0.1, 0.15) is 29.3 Å². The van der Waals surface area contributed by atoms with Crippen LogP contribution in [0.5, 0.6) is 5.75 Å². The van der Waals surface area contributed by atoms with Gasteiger partial charge in [-0.15, -0.1) is 0 Å². The van der Waals surface area contributed by atoms with E-state index in [0.29, 0.717) is 35.8 Å². The van der Waals surface area contributed by atoms with Crippen molar-refractivity contribution in [3.8, 4) is 17.0 Å². The molecular formula is C26H29ClN4O4. The maximum absolute atomic E-state index is 13.3. The number of amides is 2. The van der Waals surface area contributed by atoms with Crippen LogP contribution in [-0.4, -0.2) is 66.3 Å². The van der Waals surface area contributed by atoms with E-state index < -0.39 is 12.3 Å². The second-order valence-corrected chi connectivity index (χ2v) is 8.86. The SMILES string of the molecule is CCCOC(=O)N1CCN(C(=O)c2ccc3c(Cl)c(C)c(-c4ccc(OC)cc4)nc3c2)C[C@H]1N. The first-order valence-corrected chi connectivity index (χ1v) is 11.9. The largest absolute Gasteiger partial charge is 0.497 e. The van der Waals surface area contributed by atoms with Gasteiger partial charge in [-0.05, 0) is 55.3 Å². The van der Waals surface area contributed by atoms with Crippen molar-refractivity contribution < 1.29 is 19.1 Å². The van der Waals surface area contributed by atoms with Gasteiger partial charge in [-0.2, -0.15) is 0 Å². The average molecular weight is 497 g/mol. The number of ether oxygens (including phenoxy) is 2. The first kappa shape index (κ1) is 24.8. The zero-order valence-electron chi connectivity index (χ0n) is 20.1. The summed E-state index contributed by atoms with van der Waals surface area (Å²) in [6.45, 7) is 5.10. The topological polar surface area (TPSA) is 98.0 Å². The predicted octanol–water partition coefficient (Wildman–Crippen LogP) is 4.46. The first-order chi connectivity index (χ1) is 16.8. The van der Waals surface area contributed by atoms with Crippen molar-refractivity contribution in [2.45, 2.75) is 26.4 Å². The summed E-state index contributed by atoms with van der Waals surface area (Å²) in [6, 6.07) is 12.9. The molecule has 8 nitrogen and oxygen atoms in total. The van der Waals surface area contributed by atoms with Crippen molar-refractivity contribution in [2.24, 2.45) is 5.73 Å². The number of methoxy groups -OCH3 is 1. The Morgan fingerprint density at radius 2 is 1.91 bits per heavy atom. The minimum Gasteiger partial charge on any atom is -0.497 e. The molecule has 0 spiro atoms. The summed E-state index contributed by atoms with van der Waals surface area (Å²) < 4.78 is 10.4. The molecule has 0 saturated carbocycles. The molecule has 1 saturated heterocycles. The summed E-state index contributed by atoms with van der Waals surface area (Å²) in [5.41, 5.74) is 9.81. The molecule has 1 atom stereocenters. The molecular weight excluding hydrogens is 468 g/mol. The number of piperazine rings is 1. The number of aromatic nitrogens is 1. The van der Waals surface area contributed by atoms with Gasteiger partial charge >= 0.3 is 6.09 Å². The molecule has 1 fully saturated rings. The van der Waals surface area contributed by atoms with E-state index in [-0.39, 0.29) is 12.5 Å². The Morgan fingerprint density at radius 1 is 1.17 bits per heavy atom. The number of rotatable bonds is 5. The number of hydrogen-bond acceptors (Lipinski definition) is 6. The molecule has 2 amide bonds. The second-order valence-electron chi connectivity index (χ2n) is 8.49. The molecule has 2 aromatic carbocycles. The highest BCUT2D eigenvalue weighted by Gasteiger charge is 2.31. The summed E-state index contributed by atoms with van der Waals surface area (Å²) in [4.78, 5) is 33.4. The summed E-state index contributed by atoms with van der Waals surface area (Å²) in [5.74, 6) is 0.580. The fourth-order valence-electron chi connectivity index (χ4n) is 4.16. The number of benzene rings is 2. The minimum atomic E-state index is -0.630. The third kappa shape index (κ3) is 5.04. The highest BCUT2D eigenvalue weighted by molar-refractivity contribution is 6.36. The summed E-state index contributed by atoms with van der Waals surface area (Å²) >= 11 is 6.70. The molecule has 2 heterocycles. The van der Waals surface area contributed by atoms with Gasteiger partial charge in [-0.3, -0.25) is 9.69 Å². The van der Waals surface area contributed by atoms with Crippen LogP contribution in [0.2, 0.25) is 5.02 Å². The smallest absolute Gasteiger partial charge is 0.411 e. The Labute approximate surface area is 209 Å². The fraction of sp³-hybridized carbons (Fsp3) is 0.346. The van der Waals surface area contributed by atoms with Crippen molar-refractivity contribution in [3.63, 3.8) is 0 Å². The molecule has 184 valence electrons. The van der Waals surface area contributed by atoms with Gasteiger partial charge in [0.25, 0.3) is 5.91 Å². The van der Waals surface area contributed by atoms with Crippen molar-refractivity contribution in [2.75, 3.05) is 33.4 Å². The van der Waals surface area contributed by atoms with E-state index in [4.69, 9.17) is 31.8 Å². The molecule has 4 rings (SSSR count). The highest BCUT2D eigenvalue weighted by atomic mass is 35.5. The van der Waals surface area contributed by atoms with Crippen LogP contribution in [0.4, 0.5) is 4.79 Å². The lowest BCUT2D eigenvalue weighted by Crippen LogP contribution is -2.60. The van der Waals surface area contributed by atoms with E-state index >= 15 is 0 Å². The van der Waals surface area contributed by atoms with Gasteiger partial charge in [0.1, 0.15) is 11.9 Å².